The average molecular weight is 448 g/mol. The van der Waals surface area contributed by atoms with Gasteiger partial charge in [-0.3, -0.25) is 4.79 Å². The van der Waals surface area contributed by atoms with Crippen molar-refractivity contribution in [2.75, 3.05) is 0 Å². The van der Waals surface area contributed by atoms with Crippen LogP contribution < -0.4 is 5.43 Å². The standard InChI is InChI=1S/C24H15F3N4O2/c25-19-6-4-16(22(26)23(19)27)13-31-9-8-18-15(2-1-3-20(18)31)12-29-30-24(33)14-5-7-21(32)17(10-14)11-28/h1-10,12,32H,13H2,(H,30,33)/b29-12+. The Labute approximate surface area is 185 Å². The van der Waals surface area contributed by atoms with E-state index < -0.39 is 23.4 Å². The summed E-state index contributed by atoms with van der Waals surface area (Å²) in [6.07, 6.45) is 3.11. The maximum Gasteiger partial charge on any atom is 0.271 e. The number of carbonyl (C=O) groups excluding carboxylic acids is 1. The Hall–Kier alpha value is -4.58. The van der Waals surface area contributed by atoms with Crippen LogP contribution in [0.4, 0.5) is 13.2 Å². The van der Waals surface area contributed by atoms with Crippen LogP contribution in [0.3, 0.4) is 0 Å². The molecule has 1 heterocycles. The zero-order valence-electron chi connectivity index (χ0n) is 16.9. The highest BCUT2D eigenvalue weighted by atomic mass is 19.2. The predicted molar refractivity (Wildman–Crippen MR) is 115 cm³/mol. The number of aromatic nitrogens is 1. The summed E-state index contributed by atoms with van der Waals surface area (Å²) in [4.78, 5) is 12.3. The fourth-order valence-electron chi connectivity index (χ4n) is 3.36. The van der Waals surface area contributed by atoms with Crippen LogP contribution in [-0.4, -0.2) is 21.8 Å². The number of benzene rings is 3. The molecule has 0 fully saturated rings. The van der Waals surface area contributed by atoms with Crippen molar-refractivity contribution in [1.82, 2.24) is 9.99 Å². The van der Waals surface area contributed by atoms with E-state index in [1.807, 2.05) is 0 Å². The largest absolute Gasteiger partial charge is 0.507 e. The van der Waals surface area contributed by atoms with Crippen molar-refractivity contribution in [3.05, 3.63) is 100 Å². The third-order valence-corrected chi connectivity index (χ3v) is 5.05. The lowest BCUT2D eigenvalue weighted by molar-refractivity contribution is 0.0955. The van der Waals surface area contributed by atoms with Crippen molar-refractivity contribution in [2.45, 2.75) is 6.54 Å². The zero-order valence-corrected chi connectivity index (χ0v) is 16.9. The first-order valence-electron chi connectivity index (χ1n) is 9.66. The minimum absolute atomic E-state index is 0.00312. The number of aromatic hydroxyl groups is 1. The van der Waals surface area contributed by atoms with Crippen LogP contribution >= 0.6 is 0 Å². The average Bonchev–Trinajstić information content (AvgIpc) is 3.23. The molecule has 0 aliphatic carbocycles. The first-order chi connectivity index (χ1) is 15.9. The summed E-state index contributed by atoms with van der Waals surface area (Å²) < 4.78 is 42.5. The highest BCUT2D eigenvalue weighted by Gasteiger charge is 2.15. The van der Waals surface area contributed by atoms with Crippen LogP contribution in [0.2, 0.25) is 0 Å². The number of nitriles is 1. The number of fused-ring (bicyclic) bond motifs is 1. The number of nitrogens with one attached hydrogen (secondary N) is 1. The fourth-order valence-corrected chi connectivity index (χ4v) is 3.36. The van der Waals surface area contributed by atoms with E-state index in [2.05, 4.69) is 10.5 Å². The van der Waals surface area contributed by atoms with Crippen molar-refractivity contribution < 1.29 is 23.1 Å². The van der Waals surface area contributed by atoms with E-state index in [0.717, 1.165) is 11.5 Å². The first-order valence-corrected chi connectivity index (χ1v) is 9.66. The summed E-state index contributed by atoms with van der Waals surface area (Å²) in [7, 11) is 0. The Morgan fingerprint density at radius 1 is 1.12 bits per heavy atom. The molecule has 0 aliphatic rings. The highest BCUT2D eigenvalue weighted by molar-refractivity contribution is 6.00. The Morgan fingerprint density at radius 3 is 2.73 bits per heavy atom. The second-order valence-electron chi connectivity index (χ2n) is 7.10. The lowest BCUT2D eigenvalue weighted by atomic mass is 10.1. The number of phenols is 1. The summed E-state index contributed by atoms with van der Waals surface area (Å²) >= 11 is 0. The lowest BCUT2D eigenvalue weighted by Crippen LogP contribution is -2.17. The molecule has 164 valence electrons. The molecule has 33 heavy (non-hydrogen) atoms. The molecule has 0 bridgehead atoms. The molecular formula is C24H15F3N4O2. The quantitative estimate of drug-likeness (QED) is 0.269. The molecule has 0 radical (unpaired) electrons. The van der Waals surface area contributed by atoms with Gasteiger partial charge in [0.15, 0.2) is 17.5 Å². The molecule has 1 amide bonds. The van der Waals surface area contributed by atoms with Gasteiger partial charge in [-0.1, -0.05) is 18.2 Å². The molecule has 0 unspecified atom stereocenters. The number of rotatable bonds is 5. The van der Waals surface area contributed by atoms with Gasteiger partial charge >= 0.3 is 0 Å². The van der Waals surface area contributed by atoms with Crippen molar-refractivity contribution in [3.63, 3.8) is 0 Å². The molecule has 0 atom stereocenters. The number of hydrogen-bond acceptors (Lipinski definition) is 4. The van der Waals surface area contributed by atoms with Gasteiger partial charge < -0.3 is 9.67 Å². The van der Waals surface area contributed by atoms with E-state index in [1.165, 1.54) is 30.5 Å². The molecule has 1 aromatic heterocycles. The fraction of sp³-hybridized carbons (Fsp3) is 0.0417. The van der Waals surface area contributed by atoms with Gasteiger partial charge in [-0.15, -0.1) is 0 Å². The van der Waals surface area contributed by atoms with Gasteiger partial charge in [0.25, 0.3) is 5.91 Å². The van der Waals surface area contributed by atoms with Gasteiger partial charge in [-0.05, 0) is 36.4 Å². The van der Waals surface area contributed by atoms with Crippen LogP contribution in [0.5, 0.6) is 5.75 Å². The van der Waals surface area contributed by atoms with E-state index in [0.29, 0.717) is 11.1 Å². The summed E-state index contributed by atoms with van der Waals surface area (Å²) in [5.74, 6) is -4.78. The van der Waals surface area contributed by atoms with E-state index >= 15 is 0 Å². The van der Waals surface area contributed by atoms with Crippen LogP contribution in [0, 0.1) is 28.8 Å². The SMILES string of the molecule is N#Cc1cc(C(=O)N/N=C/c2cccc3c2ccn3Cc2ccc(F)c(F)c2F)ccc1O. The van der Waals surface area contributed by atoms with E-state index in [9.17, 15) is 23.1 Å². The maximum atomic E-state index is 14.1. The molecule has 0 aliphatic heterocycles. The van der Waals surface area contributed by atoms with Crippen LogP contribution in [-0.2, 0) is 6.54 Å². The molecule has 0 saturated carbocycles. The first kappa shape index (κ1) is 21.6. The molecule has 6 nitrogen and oxygen atoms in total. The van der Waals surface area contributed by atoms with Crippen LogP contribution in [0.1, 0.15) is 27.0 Å². The molecule has 3 aromatic carbocycles. The zero-order chi connectivity index (χ0) is 23.5. The van der Waals surface area contributed by atoms with Crippen molar-refractivity contribution >= 4 is 23.0 Å². The molecular weight excluding hydrogens is 433 g/mol. The van der Waals surface area contributed by atoms with Gasteiger partial charge in [-0.2, -0.15) is 10.4 Å². The normalized spacial score (nSPS) is 11.1. The third kappa shape index (κ3) is 4.27. The third-order valence-electron chi connectivity index (χ3n) is 5.05. The summed E-state index contributed by atoms with van der Waals surface area (Å²) in [6, 6.07) is 14.8. The number of hydrazone groups is 1. The Morgan fingerprint density at radius 2 is 1.94 bits per heavy atom. The van der Waals surface area contributed by atoms with Gasteiger partial charge in [0, 0.05) is 33.8 Å². The number of nitrogens with zero attached hydrogens (tertiary/aromatic N) is 3. The smallest absolute Gasteiger partial charge is 0.271 e. The molecule has 2 N–H and O–H groups in total. The minimum atomic E-state index is -1.51. The second kappa shape index (κ2) is 8.88. The number of hydrogen-bond donors (Lipinski definition) is 2. The minimum Gasteiger partial charge on any atom is -0.507 e. The Balaban J connectivity index is 1.55. The summed E-state index contributed by atoms with van der Waals surface area (Å²) in [5, 5.41) is 23.2. The molecule has 4 aromatic rings. The molecule has 0 saturated heterocycles. The molecule has 9 heteroatoms. The van der Waals surface area contributed by atoms with Crippen molar-refractivity contribution in [3.8, 4) is 11.8 Å². The van der Waals surface area contributed by atoms with E-state index in [4.69, 9.17) is 5.26 Å². The number of carbonyl (C=O) groups is 1. The second-order valence-corrected chi connectivity index (χ2v) is 7.10. The van der Waals surface area contributed by atoms with Gasteiger partial charge in [0.1, 0.15) is 11.8 Å². The van der Waals surface area contributed by atoms with Gasteiger partial charge in [0.2, 0.25) is 0 Å². The topological polar surface area (TPSA) is 90.4 Å². The van der Waals surface area contributed by atoms with Gasteiger partial charge in [0.05, 0.1) is 18.3 Å². The van der Waals surface area contributed by atoms with E-state index in [1.54, 1.807) is 41.1 Å². The maximum absolute atomic E-state index is 14.1. The lowest BCUT2D eigenvalue weighted by Gasteiger charge is -2.08. The Kier molecular flexibility index (Phi) is 5.83. The number of halogens is 3. The summed E-state index contributed by atoms with van der Waals surface area (Å²) in [5.41, 5.74) is 3.83. The van der Waals surface area contributed by atoms with Crippen molar-refractivity contribution in [1.29, 1.82) is 5.26 Å². The molecule has 4 rings (SSSR count). The van der Waals surface area contributed by atoms with Crippen LogP contribution in [0.25, 0.3) is 10.9 Å². The van der Waals surface area contributed by atoms with E-state index in [-0.39, 0.29) is 29.0 Å². The monoisotopic (exact) mass is 448 g/mol. The molecule has 0 spiro atoms. The van der Waals surface area contributed by atoms with Crippen LogP contribution in [0.15, 0.2) is 65.9 Å². The van der Waals surface area contributed by atoms with Gasteiger partial charge in [-0.25, -0.2) is 18.6 Å². The number of phenolic OH excluding ortho intramolecular Hbond substituents is 1. The number of amides is 1. The Bertz CT molecular complexity index is 1450. The highest BCUT2D eigenvalue weighted by Crippen LogP contribution is 2.23. The summed E-state index contributed by atoms with van der Waals surface area (Å²) in [6.45, 7) is -0.00799. The van der Waals surface area contributed by atoms with Crippen molar-refractivity contribution in [2.24, 2.45) is 5.10 Å². The predicted octanol–water partition coefficient (Wildman–Crippen LogP) is 4.45.